The van der Waals surface area contributed by atoms with Crippen LogP contribution in [0, 0.1) is 12.7 Å². The Balaban J connectivity index is 0.000000354. The Morgan fingerprint density at radius 1 is 1.05 bits per heavy atom. The molecule has 1 unspecified atom stereocenters. The predicted octanol–water partition coefficient (Wildman–Crippen LogP) is 7.56. The molecule has 3 aromatic heterocycles. The van der Waals surface area contributed by atoms with E-state index in [1.807, 2.05) is 50.4 Å². The molecule has 1 aliphatic heterocycles. The number of nitrogens with one attached hydrogen (secondary N) is 2. The van der Waals surface area contributed by atoms with Crippen LogP contribution in [-0.2, 0) is 0 Å². The molecule has 8 heteroatoms. The van der Waals surface area contributed by atoms with Crippen molar-refractivity contribution in [2.24, 2.45) is 0 Å². The molecule has 4 aromatic rings. The first kappa shape index (κ1) is 30.8. The van der Waals surface area contributed by atoms with Gasteiger partial charge in [0.25, 0.3) is 0 Å². The van der Waals surface area contributed by atoms with Gasteiger partial charge in [-0.1, -0.05) is 38.8 Å². The van der Waals surface area contributed by atoms with Crippen molar-refractivity contribution in [1.82, 2.24) is 24.9 Å². The fourth-order valence-corrected chi connectivity index (χ4v) is 3.71. The number of hydrogen-bond donors (Lipinski definition) is 2. The van der Waals surface area contributed by atoms with Gasteiger partial charge in [0.2, 0.25) is 0 Å². The Morgan fingerprint density at radius 3 is 2.37 bits per heavy atom. The van der Waals surface area contributed by atoms with Crippen molar-refractivity contribution in [3.05, 3.63) is 78.0 Å². The Hall–Kier alpha value is -3.39. The second kappa shape index (κ2) is 16.5. The first-order valence-corrected chi connectivity index (χ1v) is 13.3. The zero-order valence-corrected chi connectivity index (χ0v) is 23.5. The maximum atomic E-state index is 13.4. The molecule has 4 heterocycles. The third-order valence-electron chi connectivity index (χ3n) is 6.09. The monoisotopic (exact) mass is 524 g/mol. The zero-order chi connectivity index (χ0) is 27.9. The van der Waals surface area contributed by atoms with Crippen molar-refractivity contribution in [2.75, 3.05) is 19.0 Å². The van der Waals surface area contributed by atoms with Crippen LogP contribution in [0.3, 0.4) is 0 Å². The van der Waals surface area contributed by atoms with E-state index in [1.54, 1.807) is 16.8 Å². The van der Waals surface area contributed by atoms with Crippen LogP contribution in [0.25, 0.3) is 16.9 Å². The van der Waals surface area contributed by atoms with E-state index < -0.39 is 0 Å². The average molecular weight is 525 g/mol. The van der Waals surface area contributed by atoms with Crippen molar-refractivity contribution in [3.8, 4) is 11.3 Å². The SMILES string of the molecule is CCCC.CF.C[C@@H]1CCCN1.Cc1ccc(-c2cnc3ccc(NC(C)c4cccc(F)c4)nn23)cn1. The summed E-state index contributed by atoms with van der Waals surface area (Å²) in [5, 5.41) is 11.3. The van der Waals surface area contributed by atoms with Crippen LogP contribution in [0.4, 0.5) is 14.6 Å². The van der Waals surface area contributed by atoms with Gasteiger partial charge in [-0.25, -0.2) is 13.9 Å². The molecule has 206 valence electrons. The molecule has 2 atom stereocenters. The van der Waals surface area contributed by atoms with E-state index >= 15 is 0 Å². The largest absolute Gasteiger partial charge is 0.362 e. The zero-order valence-electron chi connectivity index (χ0n) is 23.5. The quantitative estimate of drug-likeness (QED) is 0.282. The summed E-state index contributed by atoms with van der Waals surface area (Å²) in [5.41, 5.74) is 4.40. The molecule has 0 amide bonds. The number of anilines is 1. The summed E-state index contributed by atoms with van der Waals surface area (Å²) in [6, 6.07) is 15.0. The van der Waals surface area contributed by atoms with Gasteiger partial charge in [-0.05, 0) is 82.1 Å². The van der Waals surface area contributed by atoms with E-state index in [-0.39, 0.29) is 11.9 Å². The molecule has 1 aromatic carbocycles. The van der Waals surface area contributed by atoms with Crippen LogP contribution in [-0.4, -0.2) is 39.3 Å². The van der Waals surface area contributed by atoms with Gasteiger partial charge < -0.3 is 10.6 Å². The minimum absolute atomic E-state index is 0.0799. The molecule has 6 nitrogen and oxygen atoms in total. The molecule has 2 N–H and O–H groups in total. The lowest BCUT2D eigenvalue weighted by molar-refractivity contribution is 0.623. The van der Waals surface area contributed by atoms with E-state index in [9.17, 15) is 8.78 Å². The number of fused-ring (bicyclic) bond motifs is 1. The number of imidazole rings is 1. The van der Waals surface area contributed by atoms with Crippen LogP contribution in [0.15, 0.2) is 60.9 Å². The maximum Gasteiger partial charge on any atom is 0.154 e. The maximum absolute atomic E-state index is 13.4. The molecule has 5 rings (SSSR count). The number of benzene rings is 1. The predicted molar refractivity (Wildman–Crippen MR) is 154 cm³/mol. The highest BCUT2D eigenvalue weighted by Gasteiger charge is 2.11. The van der Waals surface area contributed by atoms with Crippen molar-refractivity contribution in [3.63, 3.8) is 0 Å². The standard InChI is InChI=1S/C20H18FN5.C5H11N.C4H10.CH3F/c1-13-6-7-16(11-22-13)18-12-23-20-9-8-19(25-26(18)20)24-14(2)15-4-3-5-17(21)10-15;1-5-3-2-4-6-5;1-3-4-2;1-2/h3-12,14H,1-2H3,(H,24,25);5-6H,2-4H2,1H3;3-4H2,1-2H3;1H3/t;5-;;/m.1../s1. The number of hydrogen-bond acceptors (Lipinski definition) is 5. The molecule has 0 aliphatic carbocycles. The third kappa shape index (κ3) is 9.49. The highest BCUT2D eigenvalue weighted by atomic mass is 19.1. The summed E-state index contributed by atoms with van der Waals surface area (Å²) in [4.78, 5) is 8.74. The second-order valence-electron chi connectivity index (χ2n) is 9.24. The number of aryl methyl sites for hydroxylation is 1. The first-order valence-electron chi connectivity index (χ1n) is 13.3. The number of nitrogens with zero attached hydrogens (tertiary/aromatic N) is 4. The van der Waals surface area contributed by atoms with E-state index in [4.69, 9.17) is 0 Å². The van der Waals surface area contributed by atoms with Crippen molar-refractivity contribution in [1.29, 1.82) is 0 Å². The molecule has 0 saturated carbocycles. The Kier molecular flexibility index (Phi) is 13.3. The fourth-order valence-electron chi connectivity index (χ4n) is 3.71. The Labute approximate surface area is 225 Å². The lowest BCUT2D eigenvalue weighted by Gasteiger charge is -2.15. The Morgan fingerprint density at radius 2 is 1.82 bits per heavy atom. The number of unbranched alkanes of at least 4 members (excludes halogenated alkanes) is 1. The van der Waals surface area contributed by atoms with E-state index in [2.05, 4.69) is 46.5 Å². The van der Waals surface area contributed by atoms with E-state index in [0.717, 1.165) is 34.2 Å². The first-order chi connectivity index (χ1) is 18.4. The van der Waals surface area contributed by atoms with Gasteiger partial charge in [0.15, 0.2) is 5.65 Å². The van der Waals surface area contributed by atoms with Gasteiger partial charge in [0.05, 0.1) is 25.1 Å². The van der Waals surface area contributed by atoms with Crippen LogP contribution >= 0.6 is 0 Å². The number of alkyl halides is 1. The molecular formula is C30H42F2N6. The smallest absolute Gasteiger partial charge is 0.154 e. The van der Waals surface area contributed by atoms with Gasteiger partial charge in [0, 0.05) is 23.5 Å². The van der Waals surface area contributed by atoms with Crippen LogP contribution in [0.2, 0.25) is 0 Å². The average Bonchev–Trinajstić information content (AvgIpc) is 3.59. The summed E-state index contributed by atoms with van der Waals surface area (Å²) >= 11 is 0. The molecule has 0 radical (unpaired) electrons. The molecule has 0 spiro atoms. The topological polar surface area (TPSA) is 67.1 Å². The van der Waals surface area contributed by atoms with Crippen LogP contribution in [0.1, 0.15) is 70.7 Å². The minimum Gasteiger partial charge on any atom is -0.362 e. The van der Waals surface area contributed by atoms with Gasteiger partial charge in [-0.2, -0.15) is 0 Å². The normalized spacial score (nSPS) is 14.8. The van der Waals surface area contributed by atoms with Crippen LogP contribution in [0.5, 0.6) is 0 Å². The lowest BCUT2D eigenvalue weighted by Crippen LogP contribution is -2.16. The minimum atomic E-state index is -0.247. The molecule has 1 saturated heterocycles. The fraction of sp³-hybridized carbons (Fsp3) is 0.433. The summed E-state index contributed by atoms with van der Waals surface area (Å²) in [6.45, 7) is 11.7. The van der Waals surface area contributed by atoms with Gasteiger partial charge in [0.1, 0.15) is 11.6 Å². The van der Waals surface area contributed by atoms with Crippen molar-refractivity contribution >= 4 is 11.5 Å². The summed E-state index contributed by atoms with van der Waals surface area (Å²) < 4.78 is 24.7. The van der Waals surface area contributed by atoms with Crippen molar-refractivity contribution < 1.29 is 8.78 Å². The third-order valence-corrected chi connectivity index (χ3v) is 6.09. The molecule has 1 fully saturated rings. The Bertz CT molecular complexity index is 1200. The number of rotatable bonds is 5. The highest BCUT2D eigenvalue weighted by molar-refractivity contribution is 5.63. The molecule has 0 bridgehead atoms. The molecule has 1 aliphatic rings. The van der Waals surface area contributed by atoms with Gasteiger partial charge in [-0.15, -0.1) is 5.10 Å². The molecular weight excluding hydrogens is 482 g/mol. The van der Waals surface area contributed by atoms with E-state index in [1.165, 1.54) is 44.4 Å². The van der Waals surface area contributed by atoms with Crippen LogP contribution < -0.4 is 10.6 Å². The summed E-state index contributed by atoms with van der Waals surface area (Å²) in [5.74, 6) is 0.442. The number of pyridine rings is 1. The van der Waals surface area contributed by atoms with Crippen molar-refractivity contribution in [2.45, 2.75) is 72.4 Å². The van der Waals surface area contributed by atoms with E-state index in [0.29, 0.717) is 13.0 Å². The molecule has 38 heavy (non-hydrogen) atoms. The number of aromatic nitrogens is 4. The van der Waals surface area contributed by atoms with Gasteiger partial charge in [-0.3, -0.25) is 9.37 Å². The highest BCUT2D eigenvalue weighted by Crippen LogP contribution is 2.22. The summed E-state index contributed by atoms with van der Waals surface area (Å²) in [7, 11) is 0.500. The van der Waals surface area contributed by atoms with Gasteiger partial charge >= 0.3 is 0 Å². The number of halogens is 2. The summed E-state index contributed by atoms with van der Waals surface area (Å²) in [6.07, 6.45) is 8.99. The second-order valence-corrected chi connectivity index (χ2v) is 9.24. The lowest BCUT2D eigenvalue weighted by atomic mass is 10.1.